The molecule has 0 saturated carbocycles. The summed E-state index contributed by atoms with van der Waals surface area (Å²) < 4.78 is 5.60. The fourth-order valence-electron chi connectivity index (χ4n) is 2.50. The van der Waals surface area contributed by atoms with Crippen molar-refractivity contribution in [3.05, 3.63) is 29.3 Å². The highest BCUT2D eigenvalue weighted by molar-refractivity contribution is 5.96. The van der Waals surface area contributed by atoms with E-state index in [0.29, 0.717) is 11.8 Å². The van der Waals surface area contributed by atoms with Crippen molar-refractivity contribution < 1.29 is 14.3 Å². The highest BCUT2D eigenvalue weighted by Gasteiger charge is 2.22. The van der Waals surface area contributed by atoms with Gasteiger partial charge in [-0.2, -0.15) is 0 Å². The molecule has 0 aliphatic heterocycles. The van der Waals surface area contributed by atoms with E-state index in [1.807, 2.05) is 25.2 Å². The zero-order valence-corrected chi connectivity index (χ0v) is 12.5. The topological polar surface area (TPSA) is 79.5 Å². The van der Waals surface area contributed by atoms with Gasteiger partial charge in [-0.3, -0.25) is 10.1 Å². The van der Waals surface area contributed by atoms with Crippen molar-refractivity contribution in [1.82, 2.24) is 16.0 Å². The zero-order chi connectivity index (χ0) is 15.4. The van der Waals surface area contributed by atoms with E-state index >= 15 is 0 Å². The largest absolute Gasteiger partial charge is 0.481 e. The van der Waals surface area contributed by atoms with Gasteiger partial charge in [0, 0.05) is 13.1 Å². The van der Waals surface area contributed by atoms with E-state index in [2.05, 4.69) is 16.0 Å². The molecule has 0 bridgehead atoms. The van der Waals surface area contributed by atoms with E-state index in [4.69, 9.17) is 4.74 Å². The summed E-state index contributed by atoms with van der Waals surface area (Å²) in [6.45, 7) is 1.61. The van der Waals surface area contributed by atoms with Gasteiger partial charge in [0.2, 0.25) is 0 Å². The monoisotopic (exact) mass is 291 g/mol. The molecule has 1 aliphatic rings. The highest BCUT2D eigenvalue weighted by atomic mass is 16.5. The summed E-state index contributed by atoms with van der Waals surface area (Å²) in [6, 6.07) is 5.71. The summed E-state index contributed by atoms with van der Waals surface area (Å²) in [7, 11) is 3.40. The Morgan fingerprint density at radius 3 is 2.76 bits per heavy atom. The highest BCUT2D eigenvalue weighted by Crippen LogP contribution is 2.33. The zero-order valence-electron chi connectivity index (χ0n) is 12.5. The van der Waals surface area contributed by atoms with E-state index < -0.39 is 18.0 Å². The van der Waals surface area contributed by atoms with Gasteiger partial charge in [-0.1, -0.05) is 6.07 Å². The fourth-order valence-corrected chi connectivity index (χ4v) is 2.50. The lowest BCUT2D eigenvalue weighted by Gasteiger charge is -2.15. The van der Waals surface area contributed by atoms with Gasteiger partial charge in [-0.25, -0.2) is 4.79 Å². The Balaban J connectivity index is 2.01. The average Bonchev–Trinajstić information content (AvgIpc) is 2.89. The van der Waals surface area contributed by atoms with Crippen LogP contribution in [0.15, 0.2) is 18.2 Å². The summed E-state index contributed by atoms with van der Waals surface area (Å²) >= 11 is 0. The molecule has 114 valence electrons. The van der Waals surface area contributed by atoms with Crippen molar-refractivity contribution in [2.75, 3.05) is 14.1 Å². The first-order valence-corrected chi connectivity index (χ1v) is 7.04. The third-order valence-electron chi connectivity index (χ3n) is 3.69. The lowest BCUT2D eigenvalue weighted by atomic mass is 10.1. The van der Waals surface area contributed by atoms with Gasteiger partial charge in [0.05, 0.1) is 0 Å². The number of rotatable bonds is 4. The molecule has 2 atom stereocenters. The lowest BCUT2D eigenvalue weighted by molar-refractivity contribution is -0.126. The number of benzene rings is 1. The van der Waals surface area contributed by atoms with E-state index in [9.17, 15) is 9.59 Å². The average molecular weight is 291 g/mol. The van der Waals surface area contributed by atoms with Crippen LogP contribution in [0, 0.1) is 0 Å². The van der Waals surface area contributed by atoms with Gasteiger partial charge >= 0.3 is 6.03 Å². The molecular weight excluding hydrogens is 270 g/mol. The molecule has 0 heterocycles. The molecule has 0 saturated heterocycles. The smallest absolute Gasteiger partial charge is 0.321 e. The van der Waals surface area contributed by atoms with Crippen molar-refractivity contribution in [1.29, 1.82) is 0 Å². The quantitative estimate of drug-likeness (QED) is 0.776. The molecule has 6 heteroatoms. The van der Waals surface area contributed by atoms with Gasteiger partial charge in [-0.15, -0.1) is 0 Å². The summed E-state index contributed by atoms with van der Waals surface area (Å²) in [5.41, 5.74) is 2.53. The molecule has 2 unspecified atom stereocenters. The Bertz CT molecular complexity index is 545. The summed E-state index contributed by atoms with van der Waals surface area (Å²) in [5, 5.41) is 7.80. The van der Waals surface area contributed by atoms with Gasteiger partial charge in [-0.05, 0) is 50.1 Å². The second-order valence-electron chi connectivity index (χ2n) is 5.07. The van der Waals surface area contributed by atoms with Crippen LogP contribution in [0.25, 0.3) is 0 Å². The first-order valence-electron chi connectivity index (χ1n) is 7.04. The SMILES string of the molecule is CNC(=O)NC(=O)C(C)Oc1ccc2c(c1)CCC2NC. The number of imide groups is 1. The second kappa shape index (κ2) is 6.58. The summed E-state index contributed by atoms with van der Waals surface area (Å²) in [6.07, 6.45) is 1.33. The fraction of sp³-hybridized carbons (Fsp3) is 0.467. The first-order chi connectivity index (χ1) is 10.0. The molecule has 3 amide bonds. The second-order valence-corrected chi connectivity index (χ2v) is 5.07. The van der Waals surface area contributed by atoms with Crippen LogP contribution < -0.4 is 20.7 Å². The molecular formula is C15H21N3O3. The lowest BCUT2D eigenvalue weighted by Crippen LogP contribution is -2.43. The maximum atomic E-state index is 11.7. The van der Waals surface area contributed by atoms with Crippen molar-refractivity contribution in [2.24, 2.45) is 0 Å². The van der Waals surface area contributed by atoms with Gasteiger partial charge < -0.3 is 15.4 Å². The number of fused-ring (bicyclic) bond motifs is 1. The molecule has 3 N–H and O–H groups in total. The van der Waals surface area contributed by atoms with Crippen LogP contribution in [0.4, 0.5) is 4.79 Å². The first kappa shape index (κ1) is 15.3. The Labute approximate surface area is 124 Å². The number of nitrogens with one attached hydrogen (secondary N) is 3. The molecule has 0 radical (unpaired) electrons. The normalized spacial score (nSPS) is 17.8. The number of ether oxygens (including phenoxy) is 1. The van der Waals surface area contributed by atoms with Crippen molar-refractivity contribution in [3.63, 3.8) is 0 Å². The molecule has 1 aromatic carbocycles. The number of carbonyl (C=O) groups excluding carboxylic acids is 2. The minimum Gasteiger partial charge on any atom is -0.481 e. The summed E-state index contributed by atoms with van der Waals surface area (Å²) in [4.78, 5) is 22.8. The van der Waals surface area contributed by atoms with Crippen LogP contribution in [0.5, 0.6) is 5.75 Å². The van der Waals surface area contributed by atoms with Gasteiger partial charge in [0.1, 0.15) is 5.75 Å². The molecule has 6 nitrogen and oxygen atoms in total. The van der Waals surface area contributed by atoms with Crippen molar-refractivity contribution >= 4 is 11.9 Å². The van der Waals surface area contributed by atoms with Crippen LogP contribution in [0.1, 0.15) is 30.5 Å². The Morgan fingerprint density at radius 2 is 2.10 bits per heavy atom. The van der Waals surface area contributed by atoms with Crippen molar-refractivity contribution in [3.8, 4) is 5.75 Å². The maximum absolute atomic E-state index is 11.7. The van der Waals surface area contributed by atoms with E-state index in [1.165, 1.54) is 18.2 Å². The minimum absolute atomic E-state index is 0.392. The van der Waals surface area contributed by atoms with Crippen LogP contribution in [0.3, 0.4) is 0 Å². The number of urea groups is 1. The Kier molecular flexibility index (Phi) is 4.80. The number of hydrogen-bond donors (Lipinski definition) is 3. The van der Waals surface area contributed by atoms with E-state index in [0.717, 1.165) is 12.8 Å². The predicted octanol–water partition coefficient (Wildman–Crippen LogP) is 1.12. The van der Waals surface area contributed by atoms with Crippen molar-refractivity contribution in [2.45, 2.75) is 31.9 Å². The molecule has 1 aliphatic carbocycles. The molecule has 0 fully saturated rings. The molecule has 21 heavy (non-hydrogen) atoms. The maximum Gasteiger partial charge on any atom is 0.321 e. The van der Waals surface area contributed by atoms with E-state index in [1.54, 1.807) is 6.92 Å². The number of aryl methyl sites for hydroxylation is 1. The van der Waals surface area contributed by atoms with Crippen LogP contribution >= 0.6 is 0 Å². The third-order valence-corrected chi connectivity index (χ3v) is 3.69. The molecule has 1 aromatic rings. The van der Waals surface area contributed by atoms with Crippen LogP contribution in [0.2, 0.25) is 0 Å². The molecule has 0 spiro atoms. The van der Waals surface area contributed by atoms with Crippen LogP contribution in [-0.4, -0.2) is 32.1 Å². The molecule has 0 aromatic heterocycles. The number of carbonyl (C=O) groups is 2. The Hall–Kier alpha value is -2.08. The third kappa shape index (κ3) is 3.52. The van der Waals surface area contributed by atoms with Crippen LogP contribution in [-0.2, 0) is 11.2 Å². The summed E-state index contributed by atoms with van der Waals surface area (Å²) in [5.74, 6) is 0.174. The molecule has 2 rings (SSSR count). The number of amides is 3. The standard InChI is InChI=1S/C15H21N3O3/c1-9(14(19)18-15(20)17-3)21-11-5-6-12-10(8-11)4-7-13(12)16-2/h5-6,8-9,13,16H,4,7H2,1-3H3,(H2,17,18,19,20). The minimum atomic E-state index is -0.734. The predicted molar refractivity (Wildman–Crippen MR) is 79.3 cm³/mol. The number of hydrogen-bond acceptors (Lipinski definition) is 4. The van der Waals surface area contributed by atoms with Gasteiger partial charge in [0.25, 0.3) is 5.91 Å². The van der Waals surface area contributed by atoms with E-state index in [-0.39, 0.29) is 0 Å². The Morgan fingerprint density at radius 1 is 1.33 bits per heavy atom. The van der Waals surface area contributed by atoms with Gasteiger partial charge in [0.15, 0.2) is 6.10 Å².